The molecule has 3 rings (SSSR count). The summed E-state index contributed by atoms with van der Waals surface area (Å²) in [6.07, 6.45) is 5.84. The van der Waals surface area contributed by atoms with Crippen LogP contribution in [0, 0.1) is 11.3 Å². The summed E-state index contributed by atoms with van der Waals surface area (Å²) in [5.74, 6) is 0.896. The highest BCUT2D eigenvalue weighted by Crippen LogP contribution is 2.24. The maximum absolute atomic E-state index is 13.8. The average Bonchev–Trinajstić information content (AvgIpc) is 3.20. The Morgan fingerprint density at radius 2 is 2.30 bits per heavy atom. The van der Waals surface area contributed by atoms with E-state index in [4.69, 9.17) is 16.9 Å². The van der Waals surface area contributed by atoms with Crippen LogP contribution < -0.4 is 10.6 Å². The molecule has 8 nitrogen and oxygen atoms in total. The number of alkyl halides is 1. The number of anilines is 3. The third kappa shape index (κ3) is 5.28. The highest BCUT2D eigenvalue weighted by molar-refractivity contribution is 6.32. The minimum Gasteiger partial charge on any atom is -0.367 e. The summed E-state index contributed by atoms with van der Waals surface area (Å²) >= 11 is 6.20. The van der Waals surface area contributed by atoms with Crippen molar-refractivity contribution in [3.05, 3.63) is 23.6 Å². The Hall–Kier alpha value is -2.44. The lowest BCUT2D eigenvalue weighted by Gasteiger charge is -2.24. The quantitative estimate of drug-likeness (QED) is 0.667. The molecule has 10 heteroatoms. The van der Waals surface area contributed by atoms with Crippen LogP contribution >= 0.6 is 11.6 Å². The van der Waals surface area contributed by atoms with Crippen molar-refractivity contribution in [2.75, 3.05) is 30.3 Å². The lowest BCUT2D eigenvalue weighted by Crippen LogP contribution is -2.35. The zero-order valence-electron chi connectivity index (χ0n) is 15.1. The van der Waals surface area contributed by atoms with Crippen LogP contribution in [0.4, 0.5) is 21.8 Å². The lowest BCUT2D eigenvalue weighted by molar-refractivity contribution is 0.247. The first-order valence-electron chi connectivity index (χ1n) is 8.82. The first-order valence-corrected chi connectivity index (χ1v) is 9.20. The van der Waals surface area contributed by atoms with Gasteiger partial charge in [-0.05, 0) is 19.4 Å². The van der Waals surface area contributed by atoms with Crippen LogP contribution in [0.1, 0.15) is 19.3 Å². The van der Waals surface area contributed by atoms with Gasteiger partial charge in [-0.1, -0.05) is 11.6 Å². The normalized spacial score (nSPS) is 19.8. The van der Waals surface area contributed by atoms with Crippen molar-refractivity contribution in [3.63, 3.8) is 0 Å². The number of nitriles is 1. The fraction of sp³-hybridized carbons (Fsp3) is 0.529. The Morgan fingerprint density at radius 3 is 3.04 bits per heavy atom. The molecule has 1 aliphatic heterocycles. The van der Waals surface area contributed by atoms with E-state index in [1.54, 1.807) is 10.9 Å². The van der Waals surface area contributed by atoms with E-state index in [1.165, 1.54) is 6.20 Å². The first kappa shape index (κ1) is 19.3. The number of likely N-dealkylation sites (tertiary alicyclic amines) is 1. The minimum atomic E-state index is -0.845. The number of aryl methyl sites for hydroxylation is 1. The van der Waals surface area contributed by atoms with Gasteiger partial charge in [-0.3, -0.25) is 9.58 Å². The molecular weight excluding hydrogens is 371 g/mol. The Balaban J connectivity index is 1.61. The third-order valence-corrected chi connectivity index (χ3v) is 4.70. The minimum absolute atomic E-state index is 0.0412. The molecule has 0 aliphatic carbocycles. The van der Waals surface area contributed by atoms with Gasteiger partial charge in [0.25, 0.3) is 0 Å². The van der Waals surface area contributed by atoms with Crippen molar-refractivity contribution in [2.45, 2.75) is 31.5 Å². The van der Waals surface area contributed by atoms with E-state index in [0.717, 1.165) is 12.1 Å². The number of nitrogens with one attached hydrogen (secondary N) is 2. The Kier molecular flexibility index (Phi) is 6.42. The second-order valence-corrected chi connectivity index (χ2v) is 6.95. The molecule has 3 heterocycles. The van der Waals surface area contributed by atoms with Crippen LogP contribution in [0.5, 0.6) is 0 Å². The third-order valence-electron chi connectivity index (χ3n) is 4.42. The molecule has 0 bridgehead atoms. The van der Waals surface area contributed by atoms with Gasteiger partial charge < -0.3 is 10.6 Å². The summed E-state index contributed by atoms with van der Waals surface area (Å²) in [4.78, 5) is 10.6. The molecule has 1 fully saturated rings. The largest absolute Gasteiger partial charge is 0.367 e. The maximum Gasteiger partial charge on any atom is 0.229 e. The van der Waals surface area contributed by atoms with E-state index in [0.29, 0.717) is 49.3 Å². The van der Waals surface area contributed by atoms with Crippen molar-refractivity contribution in [3.8, 4) is 6.07 Å². The fourth-order valence-electron chi connectivity index (χ4n) is 3.15. The monoisotopic (exact) mass is 392 g/mol. The van der Waals surface area contributed by atoms with Gasteiger partial charge in [-0.2, -0.15) is 15.3 Å². The van der Waals surface area contributed by atoms with Crippen LogP contribution in [0.25, 0.3) is 0 Å². The van der Waals surface area contributed by atoms with Gasteiger partial charge in [-0.15, -0.1) is 0 Å². The summed E-state index contributed by atoms with van der Waals surface area (Å²) in [6, 6.07) is 2.17. The molecule has 1 aliphatic rings. The Bertz CT molecular complexity index is 804. The Labute approximate surface area is 162 Å². The number of halogens is 2. The van der Waals surface area contributed by atoms with Crippen molar-refractivity contribution in [2.24, 2.45) is 7.05 Å². The zero-order valence-corrected chi connectivity index (χ0v) is 15.8. The zero-order chi connectivity index (χ0) is 19.2. The molecule has 2 N–H and O–H groups in total. The smallest absolute Gasteiger partial charge is 0.229 e. The van der Waals surface area contributed by atoms with Crippen molar-refractivity contribution in [1.82, 2.24) is 24.6 Å². The molecule has 0 spiro atoms. The number of rotatable bonds is 8. The fourth-order valence-corrected chi connectivity index (χ4v) is 3.31. The van der Waals surface area contributed by atoms with Gasteiger partial charge in [0, 0.05) is 38.8 Å². The highest BCUT2D eigenvalue weighted by Gasteiger charge is 2.31. The molecule has 144 valence electrons. The molecule has 0 amide bonds. The summed E-state index contributed by atoms with van der Waals surface area (Å²) in [6.45, 7) is 1.64. The molecule has 0 radical (unpaired) electrons. The SMILES string of the molecule is Cn1cc(Nc2ncc(Cl)c(NC[C@@H]3C[C@H](F)CN3CCCC#N)n2)cn1. The van der Waals surface area contributed by atoms with Gasteiger partial charge in [0.1, 0.15) is 11.2 Å². The molecule has 2 atom stereocenters. The van der Waals surface area contributed by atoms with Crippen molar-refractivity contribution < 1.29 is 4.39 Å². The number of hydrogen-bond donors (Lipinski definition) is 2. The molecular formula is C17H22ClFN8. The highest BCUT2D eigenvalue weighted by atomic mass is 35.5. The number of unbranched alkanes of at least 4 members (excludes halogenated alkanes) is 1. The van der Waals surface area contributed by atoms with E-state index in [-0.39, 0.29) is 6.04 Å². The molecule has 0 saturated carbocycles. The van der Waals surface area contributed by atoms with E-state index in [2.05, 4.69) is 36.7 Å². The second kappa shape index (κ2) is 8.97. The summed E-state index contributed by atoms with van der Waals surface area (Å²) in [5, 5.41) is 19.4. The maximum atomic E-state index is 13.8. The van der Waals surface area contributed by atoms with Gasteiger partial charge in [0.2, 0.25) is 5.95 Å². The number of nitrogens with zero attached hydrogens (tertiary/aromatic N) is 6. The first-order chi connectivity index (χ1) is 13.0. The molecule has 2 aromatic rings. The predicted molar refractivity (Wildman–Crippen MR) is 102 cm³/mol. The van der Waals surface area contributed by atoms with Crippen molar-refractivity contribution >= 4 is 29.1 Å². The van der Waals surface area contributed by atoms with Gasteiger partial charge in [0.15, 0.2) is 5.82 Å². The van der Waals surface area contributed by atoms with Crippen LogP contribution in [0.2, 0.25) is 5.02 Å². The van der Waals surface area contributed by atoms with Crippen LogP contribution in [-0.2, 0) is 7.05 Å². The molecule has 2 aromatic heterocycles. The molecule has 0 unspecified atom stereocenters. The number of hydrogen-bond acceptors (Lipinski definition) is 7. The summed E-state index contributed by atoms with van der Waals surface area (Å²) in [7, 11) is 1.82. The van der Waals surface area contributed by atoms with Gasteiger partial charge in [0.05, 0.1) is 24.2 Å². The number of aromatic nitrogens is 4. The van der Waals surface area contributed by atoms with Crippen LogP contribution in [0.3, 0.4) is 0 Å². The van der Waals surface area contributed by atoms with Crippen molar-refractivity contribution in [1.29, 1.82) is 5.26 Å². The van der Waals surface area contributed by atoms with Gasteiger partial charge >= 0.3 is 0 Å². The average molecular weight is 393 g/mol. The lowest BCUT2D eigenvalue weighted by atomic mass is 10.2. The molecule has 1 saturated heterocycles. The van der Waals surface area contributed by atoms with Crippen LogP contribution in [0.15, 0.2) is 18.6 Å². The van der Waals surface area contributed by atoms with E-state index in [9.17, 15) is 4.39 Å². The molecule has 0 aromatic carbocycles. The second-order valence-electron chi connectivity index (χ2n) is 6.54. The van der Waals surface area contributed by atoms with E-state index in [1.807, 2.05) is 13.2 Å². The summed E-state index contributed by atoms with van der Waals surface area (Å²) in [5.41, 5.74) is 0.769. The van der Waals surface area contributed by atoms with E-state index >= 15 is 0 Å². The topological polar surface area (TPSA) is 94.7 Å². The van der Waals surface area contributed by atoms with Crippen LogP contribution in [-0.4, -0.2) is 56.5 Å². The predicted octanol–water partition coefficient (Wildman–Crippen LogP) is 2.74. The van der Waals surface area contributed by atoms with Gasteiger partial charge in [-0.25, -0.2) is 9.37 Å². The molecule has 27 heavy (non-hydrogen) atoms. The Morgan fingerprint density at radius 1 is 1.44 bits per heavy atom. The summed E-state index contributed by atoms with van der Waals surface area (Å²) < 4.78 is 15.5. The van der Waals surface area contributed by atoms with E-state index < -0.39 is 6.17 Å². The standard InChI is InChI=1S/C17H22ClFN8/c1-26-11-13(7-23-26)24-17-22-9-15(18)16(25-17)21-8-14-6-12(19)10-27(14)5-3-2-4-20/h7,9,11-12,14H,2-3,5-6,8,10H2,1H3,(H2,21,22,24,25)/t12-,14-/m0/s1.